The van der Waals surface area contributed by atoms with Gasteiger partial charge in [-0.15, -0.1) is 5.10 Å². The fourth-order valence-corrected chi connectivity index (χ4v) is 2.41. The third-order valence-electron chi connectivity index (χ3n) is 2.43. The van der Waals surface area contributed by atoms with E-state index in [4.69, 9.17) is 5.73 Å². The predicted molar refractivity (Wildman–Crippen MR) is 67.7 cm³/mol. The molecule has 9 nitrogen and oxygen atoms in total. The zero-order valence-electron chi connectivity index (χ0n) is 10.6. The Labute approximate surface area is 109 Å². The van der Waals surface area contributed by atoms with Crippen molar-refractivity contribution in [3.05, 3.63) is 17.6 Å². The van der Waals surface area contributed by atoms with Gasteiger partial charge in [-0.1, -0.05) is 0 Å². The fourth-order valence-electron chi connectivity index (χ4n) is 1.37. The molecule has 10 heteroatoms. The zero-order chi connectivity index (χ0) is 14.2. The van der Waals surface area contributed by atoms with Gasteiger partial charge in [0.15, 0.2) is 5.82 Å². The number of hydrogen-bond acceptors (Lipinski definition) is 7. The van der Waals surface area contributed by atoms with E-state index in [1.807, 2.05) is 0 Å². The maximum Gasteiger partial charge on any atom is 0.269 e. The van der Waals surface area contributed by atoms with Crippen molar-refractivity contribution in [1.29, 1.82) is 0 Å². The van der Waals surface area contributed by atoms with Crippen LogP contribution in [0.1, 0.15) is 11.4 Å². The van der Waals surface area contributed by atoms with Crippen molar-refractivity contribution in [2.24, 2.45) is 7.05 Å². The van der Waals surface area contributed by atoms with Crippen LogP contribution in [0.2, 0.25) is 0 Å². The molecule has 0 spiro atoms. The zero-order valence-corrected chi connectivity index (χ0v) is 11.4. The number of aromatic nitrogens is 5. The number of nitrogens with one attached hydrogen (secondary N) is 1. The van der Waals surface area contributed by atoms with Gasteiger partial charge in [-0.05, 0) is 13.8 Å². The first-order chi connectivity index (χ1) is 8.79. The van der Waals surface area contributed by atoms with Gasteiger partial charge in [0.2, 0.25) is 0 Å². The molecule has 0 atom stereocenters. The average Bonchev–Trinajstić information content (AvgIpc) is 2.63. The number of hydrogen-bond donors (Lipinski definition) is 2. The number of nitrogen functional groups attached to an aromatic ring is 1. The van der Waals surface area contributed by atoms with E-state index in [2.05, 4.69) is 25.0 Å². The summed E-state index contributed by atoms with van der Waals surface area (Å²) in [4.78, 5) is 3.86. The molecule has 2 aromatic rings. The summed E-state index contributed by atoms with van der Waals surface area (Å²) in [5, 5.41) is 11.2. The summed E-state index contributed by atoms with van der Waals surface area (Å²) in [6.07, 6.45) is 1.30. The summed E-state index contributed by atoms with van der Waals surface area (Å²) in [6.45, 7) is 3.44. The molecular weight excluding hydrogens is 270 g/mol. The number of nitrogens with zero attached hydrogens (tertiary/aromatic N) is 5. The lowest BCUT2D eigenvalue weighted by Gasteiger charge is -2.05. The summed E-state index contributed by atoms with van der Waals surface area (Å²) < 4.78 is 27.7. The smallest absolute Gasteiger partial charge is 0.269 e. The van der Waals surface area contributed by atoms with Crippen LogP contribution in [0.3, 0.4) is 0 Å². The van der Waals surface area contributed by atoms with Crippen molar-refractivity contribution in [1.82, 2.24) is 25.0 Å². The maximum absolute atomic E-state index is 12.1. The lowest BCUT2D eigenvalue weighted by atomic mass is 10.4. The molecule has 2 aromatic heterocycles. The van der Waals surface area contributed by atoms with Crippen LogP contribution < -0.4 is 10.5 Å². The molecule has 2 heterocycles. The molecule has 0 unspecified atom stereocenters. The van der Waals surface area contributed by atoms with Gasteiger partial charge in [-0.3, -0.25) is 4.68 Å². The predicted octanol–water partition coefficient (Wildman–Crippen LogP) is -0.395. The van der Waals surface area contributed by atoms with Gasteiger partial charge >= 0.3 is 0 Å². The minimum absolute atomic E-state index is 0.0909. The number of nitrogens with two attached hydrogens (primary N) is 1. The Morgan fingerprint density at radius 2 is 1.95 bits per heavy atom. The highest BCUT2D eigenvalue weighted by molar-refractivity contribution is 7.92. The summed E-state index contributed by atoms with van der Waals surface area (Å²) in [5.74, 6) is -0.196. The van der Waals surface area contributed by atoms with E-state index in [0.29, 0.717) is 11.4 Å². The van der Waals surface area contributed by atoms with Crippen molar-refractivity contribution in [2.45, 2.75) is 18.7 Å². The van der Waals surface area contributed by atoms with Crippen LogP contribution in [0.25, 0.3) is 0 Å². The Balaban J connectivity index is 2.36. The van der Waals surface area contributed by atoms with Gasteiger partial charge in [0.05, 0.1) is 11.4 Å². The molecule has 0 radical (unpaired) electrons. The number of anilines is 2. The van der Waals surface area contributed by atoms with Gasteiger partial charge in [-0.2, -0.15) is 10.2 Å². The summed E-state index contributed by atoms with van der Waals surface area (Å²) in [7, 11) is -2.30. The number of sulfonamides is 1. The molecule has 0 aliphatic heterocycles. The molecule has 0 saturated carbocycles. The van der Waals surface area contributed by atoms with Crippen LogP contribution in [-0.2, 0) is 17.1 Å². The third-order valence-corrected chi connectivity index (χ3v) is 3.77. The van der Waals surface area contributed by atoms with Crippen molar-refractivity contribution in [3.63, 3.8) is 0 Å². The second-order valence-corrected chi connectivity index (χ2v) is 5.61. The molecule has 3 N–H and O–H groups in total. The van der Waals surface area contributed by atoms with Crippen LogP contribution in [-0.4, -0.2) is 33.4 Å². The standard InChI is InChI=1S/C9H13N7O2S/c1-5-6(2)12-13-9(11-5)15-19(17,18)7-4-16(3)14-8(7)10/h4H,1-3H3,(H2,10,14)(H,11,13,15). The Bertz CT molecular complexity index is 722. The van der Waals surface area contributed by atoms with Gasteiger partial charge < -0.3 is 5.73 Å². The second kappa shape index (κ2) is 4.46. The monoisotopic (exact) mass is 283 g/mol. The first-order valence-corrected chi connectivity index (χ1v) is 6.78. The third kappa shape index (κ3) is 2.62. The van der Waals surface area contributed by atoms with E-state index < -0.39 is 10.0 Å². The highest BCUT2D eigenvalue weighted by Crippen LogP contribution is 2.18. The van der Waals surface area contributed by atoms with Gasteiger partial charge in [0.1, 0.15) is 4.90 Å². The topological polar surface area (TPSA) is 129 Å². The average molecular weight is 283 g/mol. The highest BCUT2D eigenvalue weighted by atomic mass is 32.2. The van der Waals surface area contributed by atoms with E-state index in [0.717, 1.165) is 0 Å². The molecule has 0 aliphatic rings. The molecule has 0 aromatic carbocycles. The van der Waals surface area contributed by atoms with Crippen LogP contribution in [0.5, 0.6) is 0 Å². The van der Waals surface area contributed by atoms with E-state index in [1.165, 1.54) is 10.9 Å². The Morgan fingerprint density at radius 3 is 2.47 bits per heavy atom. The van der Waals surface area contributed by atoms with Gasteiger partial charge in [0, 0.05) is 13.2 Å². The molecule has 2 rings (SSSR count). The van der Waals surface area contributed by atoms with E-state index in [9.17, 15) is 8.42 Å². The van der Waals surface area contributed by atoms with Gasteiger partial charge in [-0.25, -0.2) is 18.1 Å². The molecule has 0 bridgehead atoms. The minimum atomic E-state index is -3.88. The highest BCUT2D eigenvalue weighted by Gasteiger charge is 2.22. The Kier molecular flexibility index (Phi) is 3.10. The SMILES string of the molecule is Cc1nnc(NS(=O)(=O)c2cn(C)nc2N)nc1C. The molecule has 0 amide bonds. The Hall–Kier alpha value is -2.23. The molecular formula is C9H13N7O2S. The molecule has 19 heavy (non-hydrogen) atoms. The van der Waals surface area contributed by atoms with Crippen molar-refractivity contribution in [3.8, 4) is 0 Å². The Morgan fingerprint density at radius 1 is 1.26 bits per heavy atom. The maximum atomic E-state index is 12.1. The quantitative estimate of drug-likeness (QED) is 0.784. The lowest BCUT2D eigenvalue weighted by Crippen LogP contribution is -2.17. The van der Waals surface area contributed by atoms with E-state index in [-0.39, 0.29) is 16.7 Å². The first kappa shape index (κ1) is 13.2. The lowest BCUT2D eigenvalue weighted by molar-refractivity contribution is 0.600. The number of aryl methyl sites for hydroxylation is 3. The molecule has 0 fully saturated rings. The van der Waals surface area contributed by atoms with Crippen LogP contribution in [0.15, 0.2) is 11.1 Å². The fraction of sp³-hybridized carbons (Fsp3) is 0.333. The van der Waals surface area contributed by atoms with E-state index >= 15 is 0 Å². The first-order valence-electron chi connectivity index (χ1n) is 5.29. The van der Waals surface area contributed by atoms with Crippen LogP contribution >= 0.6 is 0 Å². The summed E-state index contributed by atoms with van der Waals surface area (Å²) in [6, 6.07) is 0. The summed E-state index contributed by atoms with van der Waals surface area (Å²) >= 11 is 0. The minimum Gasteiger partial charge on any atom is -0.381 e. The second-order valence-electron chi connectivity index (χ2n) is 3.96. The van der Waals surface area contributed by atoms with Crippen molar-refractivity contribution in [2.75, 3.05) is 10.5 Å². The molecule has 0 saturated heterocycles. The van der Waals surface area contributed by atoms with Crippen LogP contribution in [0.4, 0.5) is 11.8 Å². The molecule has 102 valence electrons. The van der Waals surface area contributed by atoms with Crippen molar-refractivity contribution >= 4 is 21.8 Å². The largest absolute Gasteiger partial charge is 0.381 e. The van der Waals surface area contributed by atoms with Crippen molar-refractivity contribution < 1.29 is 8.42 Å². The van der Waals surface area contributed by atoms with E-state index in [1.54, 1.807) is 20.9 Å². The summed E-state index contributed by atoms with van der Waals surface area (Å²) in [5.41, 5.74) is 6.75. The van der Waals surface area contributed by atoms with Crippen LogP contribution in [0, 0.1) is 13.8 Å². The van der Waals surface area contributed by atoms with Gasteiger partial charge in [0.25, 0.3) is 16.0 Å². The number of rotatable bonds is 3. The molecule has 0 aliphatic carbocycles. The normalized spacial score (nSPS) is 11.5.